The third-order valence-electron chi connectivity index (χ3n) is 3.16. The second-order valence-electron chi connectivity index (χ2n) is 4.79. The molecule has 7 nitrogen and oxygen atoms in total. The van der Waals surface area contributed by atoms with E-state index in [1.54, 1.807) is 11.6 Å². The number of hydrogen-bond acceptors (Lipinski definition) is 6. The lowest BCUT2D eigenvalue weighted by atomic mass is 10.1. The highest BCUT2D eigenvalue weighted by molar-refractivity contribution is 7.03. The van der Waals surface area contributed by atoms with Crippen molar-refractivity contribution in [2.75, 3.05) is 5.32 Å². The molecule has 0 fully saturated rings. The number of hydrogen-bond donors (Lipinski definition) is 2. The number of aromatic carboxylic acids is 1. The molecule has 0 aliphatic rings. The molecule has 0 saturated carbocycles. The van der Waals surface area contributed by atoms with Gasteiger partial charge in [-0.25, -0.2) is 17.9 Å². The third-order valence-corrected chi connectivity index (χ3v) is 3.75. The van der Waals surface area contributed by atoms with Gasteiger partial charge in [0.15, 0.2) is 17.3 Å². The first-order valence-corrected chi connectivity index (χ1v) is 7.56. The van der Waals surface area contributed by atoms with Crippen LogP contribution in [0.15, 0.2) is 35.8 Å². The Kier molecular flexibility index (Phi) is 4.44. The molecule has 25 heavy (non-hydrogen) atoms. The molecule has 0 atom stereocenters. The Bertz CT molecular complexity index is 946. The largest absolute Gasteiger partial charge is 0.478 e. The lowest BCUT2D eigenvalue weighted by molar-refractivity contribution is 0.0697. The van der Waals surface area contributed by atoms with Gasteiger partial charge in [0.05, 0.1) is 23.1 Å². The zero-order chi connectivity index (χ0) is 18.0. The standard InChI is InChI=1S/C15H8F2N4O3S/c16-9-3-8(15(23)24)13(4-10(9)17)19-14(22)12-2-1-11(20-21-12)7-5-18-25-6-7/h1-6H,(H,19,22)(H,23,24). The zero-order valence-corrected chi connectivity index (χ0v) is 13.1. The molecule has 10 heteroatoms. The first kappa shape index (κ1) is 16.6. The van der Waals surface area contributed by atoms with Gasteiger partial charge in [-0.2, -0.15) is 0 Å². The minimum Gasteiger partial charge on any atom is -0.478 e. The molecular weight excluding hydrogens is 354 g/mol. The number of nitrogens with zero attached hydrogens (tertiary/aromatic N) is 3. The number of carboxylic acid groups (broad SMARTS) is 1. The normalized spacial score (nSPS) is 10.5. The number of carboxylic acids is 1. The number of benzene rings is 1. The molecule has 3 aromatic rings. The smallest absolute Gasteiger partial charge is 0.337 e. The van der Waals surface area contributed by atoms with Crippen molar-refractivity contribution >= 4 is 29.1 Å². The molecule has 3 rings (SSSR count). The maximum absolute atomic E-state index is 13.3. The quantitative estimate of drug-likeness (QED) is 0.739. The Balaban J connectivity index is 1.85. The lowest BCUT2D eigenvalue weighted by Crippen LogP contribution is -2.17. The maximum Gasteiger partial charge on any atom is 0.337 e. The van der Waals surface area contributed by atoms with Gasteiger partial charge in [0.2, 0.25) is 0 Å². The number of aromatic nitrogens is 3. The molecule has 0 aliphatic heterocycles. The first-order chi connectivity index (χ1) is 12.0. The van der Waals surface area contributed by atoms with Crippen LogP contribution < -0.4 is 5.32 Å². The highest BCUT2D eigenvalue weighted by Crippen LogP contribution is 2.21. The number of rotatable bonds is 4. The molecule has 2 heterocycles. The first-order valence-electron chi connectivity index (χ1n) is 6.73. The van der Waals surface area contributed by atoms with E-state index in [1.165, 1.54) is 23.7 Å². The number of amides is 1. The summed E-state index contributed by atoms with van der Waals surface area (Å²) in [5.41, 5.74) is 0.154. The molecule has 0 aliphatic carbocycles. The summed E-state index contributed by atoms with van der Waals surface area (Å²) in [4.78, 5) is 23.3. The van der Waals surface area contributed by atoms with E-state index in [2.05, 4.69) is 19.9 Å². The molecule has 2 aromatic heterocycles. The van der Waals surface area contributed by atoms with Crippen LogP contribution in [0.4, 0.5) is 14.5 Å². The number of halogens is 2. The van der Waals surface area contributed by atoms with E-state index in [0.29, 0.717) is 17.8 Å². The minimum atomic E-state index is -1.51. The fourth-order valence-electron chi connectivity index (χ4n) is 1.95. The second kappa shape index (κ2) is 6.69. The van der Waals surface area contributed by atoms with Gasteiger partial charge in [0.1, 0.15) is 0 Å². The van der Waals surface area contributed by atoms with Gasteiger partial charge in [0.25, 0.3) is 5.91 Å². The molecular formula is C15H8F2N4O3S. The van der Waals surface area contributed by atoms with Crippen LogP contribution in [-0.4, -0.2) is 31.6 Å². The van der Waals surface area contributed by atoms with Crippen LogP contribution in [0.25, 0.3) is 11.3 Å². The summed E-state index contributed by atoms with van der Waals surface area (Å²) in [5.74, 6) is -4.94. The summed E-state index contributed by atoms with van der Waals surface area (Å²) < 4.78 is 30.4. The van der Waals surface area contributed by atoms with Gasteiger partial charge in [0, 0.05) is 17.0 Å². The van der Waals surface area contributed by atoms with Crippen molar-refractivity contribution in [2.24, 2.45) is 0 Å². The van der Waals surface area contributed by atoms with E-state index in [-0.39, 0.29) is 11.4 Å². The Morgan fingerprint density at radius 1 is 1.12 bits per heavy atom. The SMILES string of the molecule is O=C(Nc1cc(F)c(F)cc1C(=O)O)c1ccc(-c2cnsc2)nn1. The summed E-state index contributed by atoms with van der Waals surface area (Å²) in [6, 6.07) is 3.99. The molecule has 2 N–H and O–H groups in total. The predicted octanol–water partition coefficient (Wildman–Crippen LogP) is 2.83. The number of anilines is 1. The van der Waals surface area contributed by atoms with Crippen LogP contribution in [-0.2, 0) is 0 Å². The Hall–Kier alpha value is -3.27. The van der Waals surface area contributed by atoms with Crippen LogP contribution in [0.5, 0.6) is 0 Å². The fourth-order valence-corrected chi connectivity index (χ4v) is 2.48. The summed E-state index contributed by atoms with van der Waals surface area (Å²) in [5, 5.41) is 20.6. The molecule has 0 spiro atoms. The van der Waals surface area contributed by atoms with Crippen LogP contribution in [0.1, 0.15) is 20.8 Å². The van der Waals surface area contributed by atoms with Crippen molar-refractivity contribution in [3.8, 4) is 11.3 Å². The minimum absolute atomic E-state index is 0.118. The van der Waals surface area contributed by atoms with Crippen molar-refractivity contribution in [1.29, 1.82) is 0 Å². The van der Waals surface area contributed by atoms with Gasteiger partial charge < -0.3 is 10.4 Å². The molecule has 0 radical (unpaired) electrons. The highest BCUT2D eigenvalue weighted by atomic mass is 32.1. The van der Waals surface area contributed by atoms with Crippen molar-refractivity contribution in [2.45, 2.75) is 0 Å². The Labute approximate surface area is 143 Å². The van der Waals surface area contributed by atoms with E-state index < -0.39 is 29.1 Å². The number of nitrogens with one attached hydrogen (secondary N) is 1. The summed E-state index contributed by atoms with van der Waals surface area (Å²) in [6.07, 6.45) is 1.59. The Morgan fingerprint density at radius 2 is 1.88 bits per heavy atom. The van der Waals surface area contributed by atoms with Gasteiger partial charge in [-0.3, -0.25) is 4.79 Å². The highest BCUT2D eigenvalue weighted by Gasteiger charge is 2.18. The van der Waals surface area contributed by atoms with Crippen LogP contribution >= 0.6 is 11.5 Å². The van der Waals surface area contributed by atoms with E-state index >= 15 is 0 Å². The topological polar surface area (TPSA) is 105 Å². The number of carbonyl (C=O) groups is 2. The lowest BCUT2D eigenvalue weighted by Gasteiger charge is -2.09. The Morgan fingerprint density at radius 3 is 2.48 bits per heavy atom. The van der Waals surface area contributed by atoms with Crippen LogP contribution in [0.3, 0.4) is 0 Å². The molecule has 1 aromatic carbocycles. The molecule has 0 saturated heterocycles. The van der Waals surface area contributed by atoms with E-state index in [0.717, 1.165) is 5.56 Å². The average Bonchev–Trinajstić information content (AvgIpc) is 3.12. The van der Waals surface area contributed by atoms with Crippen molar-refractivity contribution in [1.82, 2.24) is 14.6 Å². The summed E-state index contributed by atoms with van der Waals surface area (Å²) in [6.45, 7) is 0. The number of carbonyl (C=O) groups excluding carboxylic acids is 1. The summed E-state index contributed by atoms with van der Waals surface area (Å²) >= 11 is 1.23. The van der Waals surface area contributed by atoms with E-state index in [4.69, 9.17) is 5.11 Å². The van der Waals surface area contributed by atoms with Gasteiger partial charge in [-0.1, -0.05) is 0 Å². The van der Waals surface area contributed by atoms with E-state index in [1.807, 2.05) is 0 Å². The molecule has 126 valence electrons. The molecule has 0 bridgehead atoms. The zero-order valence-electron chi connectivity index (χ0n) is 12.2. The van der Waals surface area contributed by atoms with Gasteiger partial charge in [-0.05, 0) is 29.7 Å². The van der Waals surface area contributed by atoms with Crippen molar-refractivity contribution in [3.05, 3.63) is 58.7 Å². The average molecular weight is 362 g/mol. The van der Waals surface area contributed by atoms with Crippen LogP contribution in [0.2, 0.25) is 0 Å². The van der Waals surface area contributed by atoms with Crippen molar-refractivity contribution < 1.29 is 23.5 Å². The summed E-state index contributed by atoms with van der Waals surface area (Å²) in [7, 11) is 0. The second-order valence-corrected chi connectivity index (χ2v) is 5.45. The van der Waals surface area contributed by atoms with Crippen LogP contribution in [0, 0.1) is 11.6 Å². The van der Waals surface area contributed by atoms with Crippen molar-refractivity contribution in [3.63, 3.8) is 0 Å². The fraction of sp³-hybridized carbons (Fsp3) is 0. The third kappa shape index (κ3) is 3.48. The van der Waals surface area contributed by atoms with Gasteiger partial charge in [-0.15, -0.1) is 10.2 Å². The maximum atomic E-state index is 13.3. The predicted molar refractivity (Wildman–Crippen MR) is 84.4 cm³/mol. The molecule has 1 amide bonds. The van der Waals surface area contributed by atoms with E-state index in [9.17, 15) is 18.4 Å². The van der Waals surface area contributed by atoms with Gasteiger partial charge >= 0.3 is 5.97 Å². The monoisotopic (exact) mass is 362 g/mol. The molecule has 0 unspecified atom stereocenters.